The fourth-order valence-electron chi connectivity index (χ4n) is 3.32. The molecule has 27 heavy (non-hydrogen) atoms. The number of carbonyl (C=O) groups excluding carboxylic acids is 1. The zero-order valence-electron chi connectivity index (χ0n) is 14.8. The lowest BCUT2D eigenvalue weighted by Crippen LogP contribution is -2.50. The van der Waals surface area contributed by atoms with Crippen LogP contribution in [0.4, 0.5) is 0 Å². The normalized spacial score (nSPS) is 24.8. The van der Waals surface area contributed by atoms with Crippen molar-refractivity contribution in [3.8, 4) is 11.4 Å². The third kappa shape index (κ3) is 3.68. The number of benzene rings is 1. The maximum Gasteiger partial charge on any atom is 0.241 e. The number of halogens is 3. The molecule has 1 saturated carbocycles. The molecule has 2 heterocycles. The Morgan fingerprint density at radius 3 is 2.41 bits per heavy atom. The molecular formula is C18H19Cl3N4O2. The summed E-state index contributed by atoms with van der Waals surface area (Å²) >= 11 is 18.2. The number of hydrogen-bond donors (Lipinski definition) is 0. The van der Waals surface area contributed by atoms with E-state index >= 15 is 0 Å². The highest BCUT2D eigenvalue weighted by Gasteiger charge is 2.68. The van der Waals surface area contributed by atoms with Gasteiger partial charge in [-0.3, -0.25) is 9.69 Å². The molecule has 2 aromatic rings. The van der Waals surface area contributed by atoms with E-state index in [0.717, 1.165) is 18.7 Å². The van der Waals surface area contributed by atoms with Gasteiger partial charge in [-0.25, -0.2) is 0 Å². The van der Waals surface area contributed by atoms with Crippen molar-refractivity contribution >= 4 is 40.7 Å². The highest BCUT2D eigenvalue weighted by molar-refractivity contribution is 6.53. The molecule has 1 amide bonds. The topological polar surface area (TPSA) is 62.5 Å². The van der Waals surface area contributed by atoms with Crippen LogP contribution in [0, 0.1) is 5.41 Å². The van der Waals surface area contributed by atoms with Crippen LogP contribution in [-0.4, -0.2) is 56.4 Å². The van der Waals surface area contributed by atoms with E-state index in [1.54, 1.807) is 12.1 Å². The Balaban J connectivity index is 1.32. The van der Waals surface area contributed by atoms with Gasteiger partial charge in [0.15, 0.2) is 0 Å². The molecule has 1 aromatic carbocycles. The molecule has 1 aliphatic heterocycles. The Hall–Kier alpha value is -1.34. The molecule has 1 atom stereocenters. The van der Waals surface area contributed by atoms with E-state index in [9.17, 15) is 4.79 Å². The molecule has 1 saturated heterocycles. The summed E-state index contributed by atoms with van der Waals surface area (Å²) in [5.74, 6) is 1.13. The van der Waals surface area contributed by atoms with Gasteiger partial charge in [0.2, 0.25) is 17.6 Å². The summed E-state index contributed by atoms with van der Waals surface area (Å²) in [5, 5.41) is 4.69. The van der Waals surface area contributed by atoms with Crippen LogP contribution in [-0.2, 0) is 11.3 Å². The summed E-state index contributed by atoms with van der Waals surface area (Å²) < 4.78 is 4.44. The number of hydrogen-bond acceptors (Lipinski definition) is 5. The van der Waals surface area contributed by atoms with Gasteiger partial charge in [-0.2, -0.15) is 4.98 Å². The van der Waals surface area contributed by atoms with E-state index < -0.39 is 9.75 Å². The average Bonchev–Trinajstić information content (AvgIpc) is 2.96. The lowest BCUT2D eigenvalue weighted by Gasteiger charge is -2.35. The summed E-state index contributed by atoms with van der Waals surface area (Å²) in [6.45, 7) is 5.12. The highest BCUT2D eigenvalue weighted by atomic mass is 35.5. The maximum absolute atomic E-state index is 12.6. The number of aromatic nitrogens is 2. The Morgan fingerprint density at radius 1 is 1.19 bits per heavy atom. The second-order valence-electron chi connectivity index (χ2n) is 7.30. The lowest BCUT2D eigenvalue weighted by atomic mass is 10.1. The van der Waals surface area contributed by atoms with Gasteiger partial charge in [-0.15, -0.1) is 23.2 Å². The predicted octanol–water partition coefficient (Wildman–Crippen LogP) is 3.62. The molecule has 1 aliphatic carbocycles. The second-order valence-corrected chi connectivity index (χ2v) is 9.22. The smallest absolute Gasteiger partial charge is 0.241 e. The zero-order chi connectivity index (χ0) is 19.2. The number of piperazine rings is 1. The van der Waals surface area contributed by atoms with E-state index in [-0.39, 0.29) is 5.91 Å². The van der Waals surface area contributed by atoms with Gasteiger partial charge in [-0.05, 0) is 37.6 Å². The Kier molecular flexibility index (Phi) is 4.87. The molecule has 4 rings (SSSR count). The van der Waals surface area contributed by atoms with Crippen molar-refractivity contribution < 1.29 is 9.32 Å². The molecular weight excluding hydrogens is 411 g/mol. The van der Waals surface area contributed by atoms with Crippen LogP contribution in [0.5, 0.6) is 0 Å². The number of amides is 1. The van der Waals surface area contributed by atoms with E-state index in [4.69, 9.17) is 39.3 Å². The molecule has 0 spiro atoms. The van der Waals surface area contributed by atoms with Gasteiger partial charge in [0, 0.05) is 36.8 Å². The maximum atomic E-state index is 12.6. The van der Waals surface area contributed by atoms with E-state index in [2.05, 4.69) is 15.0 Å². The summed E-state index contributed by atoms with van der Waals surface area (Å²) in [7, 11) is 0. The minimum absolute atomic E-state index is 0.0370. The fourth-order valence-corrected chi connectivity index (χ4v) is 4.14. The largest absolute Gasteiger partial charge is 0.340 e. The number of rotatable bonds is 4. The lowest BCUT2D eigenvalue weighted by molar-refractivity contribution is -0.138. The van der Waals surface area contributed by atoms with Crippen LogP contribution in [0.15, 0.2) is 28.8 Å². The highest BCUT2D eigenvalue weighted by Crippen LogP contribution is 2.64. The molecule has 2 fully saturated rings. The van der Waals surface area contributed by atoms with E-state index in [1.165, 1.54) is 0 Å². The summed E-state index contributed by atoms with van der Waals surface area (Å²) in [5.41, 5.74) is 0.200. The van der Waals surface area contributed by atoms with Gasteiger partial charge in [-0.1, -0.05) is 16.8 Å². The Bertz CT molecular complexity index is 847. The first-order valence-corrected chi connectivity index (χ1v) is 9.90. The minimum atomic E-state index is -0.928. The Labute approximate surface area is 172 Å². The monoisotopic (exact) mass is 428 g/mol. The van der Waals surface area contributed by atoms with Crippen molar-refractivity contribution in [3.05, 3.63) is 35.2 Å². The molecule has 6 nitrogen and oxygen atoms in total. The van der Waals surface area contributed by atoms with Crippen LogP contribution in [0.2, 0.25) is 5.02 Å². The first-order chi connectivity index (χ1) is 12.8. The first-order valence-electron chi connectivity index (χ1n) is 8.77. The minimum Gasteiger partial charge on any atom is -0.340 e. The van der Waals surface area contributed by atoms with Crippen LogP contribution in [0.1, 0.15) is 19.2 Å². The van der Waals surface area contributed by atoms with Gasteiger partial charge in [0.25, 0.3) is 0 Å². The van der Waals surface area contributed by atoms with Crippen molar-refractivity contribution in [1.29, 1.82) is 0 Å². The molecule has 2 aliphatic rings. The van der Waals surface area contributed by atoms with Crippen LogP contribution >= 0.6 is 34.8 Å². The molecule has 9 heteroatoms. The predicted molar refractivity (Wildman–Crippen MR) is 104 cm³/mol. The standard InChI is InChI=1S/C18H19Cl3N4O2/c1-17(11-18(17,20)21)16(26)25-8-6-24(7-9-25)10-14-22-15(23-27-14)12-2-4-13(19)5-3-12/h2-5H,6-11H2,1H3. The third-order valence-electron chi connectivity index (χ3n) is 5.32. The Morgan fingerprint density at radius 2 is 1.81 bits per heavy atom. The van der Waals surface area contributed by atoms with Crippen molar-refractivity contribution in [1.82, 2.24) is 19.9 Å². The van der Waals surface area contributed by atoms with Gasteiger partial charge < -0.3 is 9.42 Å². The molecule has 0 radical (unpaired) electrons. The van der Waals surface area contributed by atoms with E-state index in [1.807, 2.05) is 24.0 Å². The summed E-state index contributed by atoms with van der Waals surface area (Å²) in [4.78, 5) is 21.1. The van der Waals surface area contributed by atoms with Crippen molar-refractivity contribution in [2.75, 3.05) is 26.2 Å². The van der Waals surface area contributed by atoms with Crippen LogP contribution < -0.4 is 0 Å². The fraction of sp³-hybridized carbons (Fsp3) is 0.500. The van der Waals surface area contributed by atoms with Crippen LogP contribution in [0.3, 0.4) is 0 Å². The molecule has 0 N–H and O–H groups in total. The number of nitrogens with zero attached hydrogens (tertiary/aromatic N) is 4. The SMILES string of the molecule is CC1(C(=O)N2CCN(Cc3nc(-c4ccc(Cl)cc4)no3)CC2)CC1(Cl)Cl. The zero-order valence-corrected chi connectivity index (χ0v) is 17.1. The van der Waals surface area contributed by atoms with Crippen molar-refractivity contribution in [3.63, 3.8) is 0 Å². The summed E-state index contributed by atoms with van der Waals surface area (Å²) in [6.07, 6.45) is 0.512. The first kappa shape index (κ1) is 19.0. The molecule has 1 unspecified atom stereocenters. The molecule has 144 valence electrons. The van der Waals surface area contributed by atoms with Gasteiger partial charge in [0.05, 0.1) is 12.0 Å². The van der Waals surface area contributed by atoms with Crippen LogP contribution in [0.25, 0.3) is 11.4 Å². The average molecular weight is 430 g/mol. The van der Waals surface area contributed by atoms with Crippen molar-refractivity contribution in [2.45, 2.75) is 24.2 Å². The van der Waals surface area contributed by atoms with Crippen molar-refractivity contribution in [2.24, 2.45) is 5.41 Å². The quantitative estimate of drug-likeness (QED) is 0.695. The third-order valence-corrected chi connectivity index (χ3v) is 6.67. The van der Waals surface area contributed by atoms with Gasteiger partial charge in [0.1, 0.15) is 4.33 Å². The molecule has 0 bridgehead atoms. The van der Waals surface area contributed by atoms with E-state index in [0.29, 0.717) is 42.8 Å². The number of carbonyl (C=O) groups is 1. The second kappa shape index (κ2) is 6.92. The number of alkyl halides is 2. The van der Waals surface area contributed by atoms with Gasteiger partial charge >= 0.3 is 0 Å². The summed E-state index contributed by atoms with van der Waals surface area (Å²) in [6, 6.07) is 7.29. The molecule has 1 aromatic heterocycles.